The number of aromatic nitrogens is 3. The highest BCUT2D eigenvalue weighted by molar-refractivity contribution is 6.35. The van der Waals surface area contributed by atoms with Crippen molar-refractivity contribution < 1.29 is 14.6 Å². The molecule has 2 heterocycles. The van der Waals surface area contributed by atoms with Crippen LogP contribution in [0.4, 0.5) is 0 Å². The zero-order chi connectivity index (χ0) is 22.7. The van der Waals surface area contributed by atoms with E-state index in [0.29, 0.717) is 44.7 Å². The smallest absolute Gasteiger partial charge is 0.328 e. The molecule has 160 valence electrons. The predicted molar refractivity (Wildman–Crippen MR) is 125 cm³/mol. The number of hydrogen-bond donors (Lipinski definition) is 1. The van der Waals surface area contributed by atoms with Gasteiger partial charge < -0.3 is 9.84 Å². The van der Waals surface area contributed by atoms with E-state index in [-0.39, 0.29) is 0 Å². The fourth-order valence-electron chi connectivity index (χ4n) is 3.44. The highest BCUT2D eigenvalue weighted by atomic mass is 35.5. The van der Waals surface area contributed by atoms with Crippen molar-refractivity contribution >= 4 is 46.0 Å². The van der Waals surface area contributed by atoms with Crippen LogP contribution in [0.5, 0.6) is 5.75 Å². The molecule has 8 heteroatoms. The summed E-state index contributed by atoms with van der Waals surface area (Å²) in [6.07, 6.45) is 6.09. The minimum atomic E-state index is -1.03. The molecule has 0 fully saturated rings. The van der Waals surface area contributed by atoms with Crippen LogP contribution < -0.4 is 4.74 Å². The Labute approximate surface area is 194 Å². The van der Waals surface area contributed by atoms with E-state index in [9.17, 15) is 4.79 Å². The lowest BCUT2D eigenvalue weighted by Gasteiger charge is -2.13. The number of carboxylic acids is 1. The molecule has 0 saturated heterocycles. The number of pyridine rings is 1. The van der Waals surface area contributed by atoms with Crippen LogP contribution in [0.3, 0.4) is 0 Å². The third-order valence-electron chi connectivity index (χ3n) is 4.98. The standard InChI is InChI=1S/C24H17Cl2N3O3/c1-32-15-7-8-17-18(10-15)24(16-5-3-2-4-14(16)6-9-23(30)31)29-28-22(17)11-19-20(25)12-27-13-21(19)26/h2-10,12-13H,11H2,1H3,(H,30,31)/b9-6+. The van der Waals surface area contributed by atoms with Gasteiger partial charge in [-0.2, -0.15) is 5.10 Å². The maximum absolute atomic E-state index is 11.0. The van der Waals surface area contributed by atoms with Gasteiger partial charge >= 0.3 is 5.97 Å². The molecule has 0 saturated carbocycles. The molecular weight excluding hydrogens is 449 g/mol. The Morgan fingerprint density at radius 3 is 2.53 bits per heavy atom. The molecule has 2 aromatic heterocycles. The summed E-state index contributed by atoms with van der Waals surface area (Å²) in [7, 11) is 1.59. The van der Waals surface area contributed by atoms with Gasteiger partial charge in [-0.25, -0.2) is 4.79 Å². The number of carboxylic acid groups (broad SMARTS) is 1. The van der Waals surface area contributed by atoms with Crippen molar-refractivity contribution in [3.05, 3.63) is 87.8 Å². The summed E-state index contributed by atoms with van der Waals surface area (Å²) in [6.45, 7) is 0. The molecule has 0 unspecified atom stereocenters. The summed E-state index contributed by atoms with van der Waals surface area (Å²) in [4.78, 5) is 15.0. The van der Waals surface area contributed by atoms with E-state index < -0.39 is 5.97 Å². The number of aliphatic carboxylic acids is 1. The van der Waals surface area contributed by atoms with Gasteiger partial charge in [0.15, 0.2) is 0 Å². The first kappa shape index (κ1) is 21.7. The highest BCUT2D eigenvalue weighted by Crippen LogP contribution is 2.34. The number of carbonyl (C=O) groups is 1. The molecule has 2 aromatic carbocycles. The Hall–Kier alpha value is -3.48. The molecule has 0 bridgehead atoms. The number of benzene rings is 2. The molecule has 6 nitrogen and oxygen atoms in total. The van der Waals surface area contributed by atoms with Gasteiger partial charge in [0.1, 0.15) is 11.4 Å². The number of halogens is 2. The Balaban J connectivity index is 1.92. The summed E-state index contributed by atoms with van der Waals surface area (Å²) < 4.78 is 5.43. The number of methoxy groups -OCH3 is 1. The number of ether oxygens (including phenoxy) is 1. The van der Waals surface area contributed by atoms with E-state index in [0.717, 1.165) is 22.4 Å². The third kappa shape index (κ3) is 4.42. The van der Waals surface area contributed by atoms with Crippen LogP contribution in [0.15, 0.2) is 60.9 Å². The van der Waals surface area contributed by atoms with E-state index >= 15 is 0 Å². The molecule has 1 N–H and O–H groups in total. The largest absolute Gasteiger partial charge is 0.497 e. The number of hydrogen-bond acceptors (Lipinski definition) is 5. The van der Waals surface area contributed by atoms with Gasteiger partial charge in [-0.15, -0.1) is 5.10 Å². The molecule has 0 aliphatic heterocycles. The van der Waals surface area contributed by atoms with Gasteiger partial charge in [0.05, 0.1) is 22.8 Å². The van der Waals surface area contributed by atoms with Crippen LogP contribution in [0.1, 0.15) is 16.8 Å². The lowest BCUT2D eigenvalue weighted by molar-refractivity contribution is -0.131. The van der Waals surface area contributed by atoms with Crippen LogP contribution in [0.25, 0.3) is 28.1 Å². The molecule has 32 heavy (non-hydrogen) atoms. The summed E-state index contributed by atoms with van der Waals surface area (Å²) in [5, 5.41) is 20.6. The van der Waals surface area contributed by atoms with Crippen LogP contribution >= 0.6 is 23.2 Å². The van der Waals surface area contributed by atoms with Gasteiger partial charge in [0.25, 0.3) is 0 Å². The van der Waals surface area contributed by atoms with E-state index in [1.165, 1.54) is 6.08 Å². The topological polar surface area (TPSA) is 85.2 Å². The fourth-order valence-corrected chi connectivity index (χ4v) is 3.94. The first-order valence-electron chi connectivity index (χ1n) is 9.59. The first-order chi connectivity index (χ1) is 15.5. The summed E-state index contributed by atoms with van der Waals surface area (Å²) in [5.41, 5.74) is 3.48. The van der Waals surface area contributed by atoms with Gasteiger partial charge in [0.2, 0.25) is 0 Å². The monoisotopic (exact) mass is 465 g/mol. The Kier molecular flexibility index (Phi) is 6.35. The average Bonchev–Trinajstić information content (AvgIpc) is 2.80. The van der Waals surface area contributed by atoms with Crippen LogP contribution in [-0.2, 0) is 11.2 Å². The second-order valence-corrected chi connectivity index (χ2v) is 7.74. The number of fused-ring (bicyclic) bond motifs is 1. The molecule has 0 spiro atoms. The maximum Gasteiger partial charge on any atom is 0.328 e. The van der Waals surface area contributed by atoms with E-state index in [1.54, 1.807) is 19.5 Å². The van der Waals surface area contributed by atoms with Gasteiger partial charge in [0, 0.05) is 41.2 Å². The average molecular weight is 466 g/mol. The molecule has 4 aromatic rings. The molecule has 0 atom stereocenters. The van der Waals surface area contributed by atoms with Crippen molar-refractivity contribution in [1.29, 1.82) is 0 Å². The lowest BCUT2D eigenvalue weighted by atomic mass is 9.97. The normalized spacial score (nSPS) is 11.2. The van der Waals surface area contributed by atoms with Crippen molar-refractivity contribution in [2.45, 2.75) is 6.42 Å². The number of nitrogens with zero attached hydrogens (tertiary/aromatic N) is 3. The van der Waals surface area contributed by atoms with E-state index in [2.05, 4.69) is 15.2 Å². The summed E-state index contributed by atoms with van der Waals surface area (Å²) >= 11 is 12.6. The zero-order valence-electron chi connectivity index (χ0n) is 16.9. The van der Waals surface area contributed by atoms with Crippen molar-refractivity contribution in [3.63, 3.8) is 0 Å². The van der Waals surface area contributed by atoms with Crippen molar-refractivity contribution in [3.8, 4) is 17.0 Å². The lowest BCUT2D eigenvalue weighted by Crippen LogP contribution is -2.02. The minimum Gasteiger partial charge on any atom is -0.497 e. The van der Waals surface area contributed by atoms with E-state index in [1.807, 2.05) is 42.5 Å². The molecule has 0 aliphatic rings. The second kappa shape index (κ2) is 9.34. The van der Waals surface area contributed by atoms with Crippen molar-refractivity contribution in [2.75, 3.05) is 7.11 Å². The van der Waals surface area contributed by atoms with Crippen molar-refractivity contribution in [2.24, 2.45) is 0 Å². The molecule has 0 amide bonds. The minimum absolute atomic E-state index is 0.372. The molecular formula is C24H17Cl2N3O3. The predicted octanol–water partition coefficient (Wildman–Crippen LogP) is 5.70. The van der Waals surface area contributed by atoms with Crippen molar-refractivity contribution in [1.82, 2.24) is 15.2 Å². The van der Waals surface area contributed by atoms with E-state index in [4.69, 9.17) is 33.0 Å². The second-order valence-electron chi connectivity index (χ2n) is 6.92. The van der Waals surface area contributed by atoms with Crippen LogP contribution in [0, 0.1) is 0 Å². The summed E-state index contributed by atoms with van der Waals surface area (Å²) in [6, 6.07) is 13.1. The van der Waals surface area contributed by atoms with Crippen LogP contribution in [-0.4, -0.2) is 33.4 Å². The zero-order valence-corrected chi connectivity index (χ0v) is 18.4. The van der Waals surface area contributed by atoms with Gasteiger partial charge in [-0.3, -0.25) is 4.98 Å². The molecule has 0 aliphatic carbocycles. The van der Waals surface area contributed by atoms with Gasteiger partial charge in [-0.05, 0) is 35.4 Å². The quantitative estimate of drug-likeness (QED) is 0.367. The maximum atomic E-state index is 11.0. The summed E-state index contributed by atoms with van der Waals surface area (Å²) in [5.74, 6) is -0.366. The first-order valence-corrected chi connectivity index (χ1v) is 10.3. The molecule has 4 rings (SSSR count). The number of rotatable bonds is 6. The highest BCUT2D eigenvalue weighted by Gasteiger charge is 2.17. The SMILES string of the molecule is COc1ccc2c(Cc3c(Cl)cncc3Cl)nnc(-c3ccccc3/C=C/C(=O)O)c2c1. The van der Waals surface area contributed by atoms with Crippen LogP contribution in [0.2, 0.25) is 10.0 Å². The van der Waals surface area contributed by atoms with Gasteiger partial charge in [-0.1, -0.05) is 47.5 Å². The third-order valence-corrected chi connectivity index (χ3v) is 5.63. The fraction of sp³-hybridized carbons (Fsp3) is 0.0833. The Morgan fingerprint density at radius 1 is 1.06 bits per heavy atom. The molecule has 0 radical (unpaired) electrons. The Bertz CT molecular complexity index is 1340. The Morgan fingerprint density at radius 2 is 1.81 bits per heavy atom.